The van der Waals surface area contributed by atoms with Crippen LogP contribution in [0.4, 0.5) is 0 Å². The lowest BCUT2D eigenvalue weighted by atomic mass is 9.93. The third kappa shape index (κ3) is 8.31. The van der Waals surface area contributed by atoms with E-state index >= 15 is 0 Å². The van der Waals surface area contributed by atoms with Crippen molar-refractivity contribution in [2.75, 3.05) is 13.1 Å². The maximum atomic E-state index is 4.68. The normalized spacial score (nSPS) is 12.2. The Bertz CT molecular complexity index is 449. The second kappa shape index (κ2) is 10.4. The number of hydrogen-bond donors (Lipinski definition) is 2. The molecule has 0 bridgehead atoms. The molecule has 0 amide bonds. The number of thiazole rings is 1. The van der Waals surface area contributed by atoms with Crippen LogP contribution in [0, 0.1) is 5.92 Å². The minimum Gasteiger partial charge on any atom is -0.357 e. The Morgan fingerprint density at radius 2 is 2.00 bits per heavy atom. The molecule has 0 aliphatic rings. The second-order valence-corrected chi connectivity index (χ2v) is 7.62. The molecule has 1 heterocycles. The largest absolute Gasteiger partial charge is 0.357 e. The Hall–Kier alpha value is -0.370. The van der Waals surface area contributed by atoms with Gasteiger partial charge < -0.3 is 10.6 Å². The highest BCUT2D eigenvalue weighted by molar-refractivity contribution is 14.0. The SMILES string of the molecule is CCNC(=NCc1nc(C(C)(C)C)cs1)NCCC(C)C.I. The summed E-state index contributed by atoms with van der Waals surface area (Å²) in [5.74, 6) is 1.58. The van der Waals surface area contributed by atoms with Gasteiger partial charge in [0, 0.05) is 23.9 Å². The van der Waals surface area contributed by atoms with E-state index in [0.29, 0.717) is 12.5 Å². The molecule has 0 aliphatic carbocycles. The van der Waals surface area contributed by atoms with Crippen LogP contribution in [0.25, 0.3) is 0 Å². The smallest absolute Gasteiger partial charge is 0.191 e. The van der Waals surface area contributed by atoms with Gasteiger partial charge in [0.1, 0.15) is 5.01 Å². The first-order chi connectivity index (χ1) is 9.82. The van der Waals surface area contributed by atoms with Gasteiger partial charge in [0.2, 0.25) is 0 Å². The standard InChI is InChI=1S/C16H30N4S.HI/c1-7-17-15(18-9-8-12(2)3)19-10-14-20-13(11-21-14)16(4,5)6;/h11-12H,7-10H2,1-6H3,(H2,17,18,19);1H. The van der Waals surface area contributed by atoms with Gasteiger partial charge in [0.05, 0.1) is 12.2 Å². The molecule has 1 aromatic heterocycles. The van der Waals surface area contributed by atoms with E-state index in [2.05, 4.69) is 67.5 Å². The molecule has 4 nitrogen and oxygen atoms in total. The van der Waals surface area contributed by atoms with Crippen LogP contribution >= 0.6 is 35.3 Å². The van der Waals surface area contributed by atoms with Crippen LogP contribution in [0.5, 0.6) is 0 Å². The van der Waals surface area contributed by atoms with Gasteiger partial charge in [-0.25, -0.2) is 9.98 Å². The molecule has 1 aromatic rings. The van der Waals surface area contributed by atoms with Crippen LogP contribution in [-0.4, -0.2) is 24.0 Å². The summed E-state index contributed by atoms with van der Waals surface area (Å²) in [6.45, 7) is 15.6. The number of nitrogens with one attached hydrogen (secondary N) is 2. The van der Waals surface area contributed by atoms with E-state index in [1.807, 2.05) is 0 Å². The number of nitrogens with zero attached hydrogens (tertiary/aromatic N) is 2. The van der Waals surface area contributed by atoms with Crippen LogP contribution in [0.1, 0.15) is 58.7 Å². The van der Waals surface area contributed by atoms with Crippen molar-refractivity contribution in [3.8, 4) is 0 Å². The highest BCUT2D eigenvalue weighted by Gasteiger charge is 2.17. The van der Waals surface area contributed by atoms with E-state index in [9.17, 15) is 0 Å². The first-order valence-electron chi connectivity index (χ1n) is 7.80. The molecule has 0 saturated heterocycles. The van der Waals surface area contributed by atoms with Gasteiger partial charge >= 0.3 is 0 Å². The summed E-state index contributed by atoms with van der Waals surface area (Å²) in [5, 5.41) is 9.87. The minimum atomic E-state index is 0. The van der Waals surface area contributed by atoms with E-state index in [4.69, 9.17) is 0 Å². The number of halogens is 1. The van der Waals surface area contributed by atoms with Gasteiger partial charge in [0.15, 0.2) is 5.96 Å². The van der Waals surface area contributed by atoms with Crippen molar-refractivity contribution < 1.29 is 0 Å². The van der Waals surface area contributed by atoms with Crippen molar-refractivity contribution in [2.45, 2.75) is 59.9 Å². The lowest BCUT2D eigenvalue weighted by Gasteiger charge is -2.14. The Morgan fingerprint density at radius 3 is 2.50 bits per heavy atom. The molecule has 0 spiro atoms. The monoisotopic (exact) mass is 438 g/mol. The van der Waals surface area contributed by atoms with Crippen molar-refractivity contribution >= 4 is 41.3 Å². The molecular formula is C16H31IN4S. The topological polar surface area (TPSA) is 49.3 Å². The highest BCUT2D eigenvalue weighted by Crippen LogP contribution is 2.24. The number of aromatic nitrogens is 1. The number of hydrogen-bond acceptors (Lipinski definition) is 3. The first kappa shape index (κ1) is 21.6. The summed E-state index contributed by atoms with van der Waals surface area (Å²) in [5.41, 5.74) is 1.26. The molecule has 0 aromatic carbocycles. The van der Waals surface area contributed by atoms with Crippen molar-refractivity contribution in [2.24, 2.45) is 10.9 Å². The lowest BCUT2D eigenvalue weighted by Crippen LogP contribution is -2.38. The fraction of sp³-hybridized carbons (Fsp3) is 0.750. The molecule has 2 N–H and O–H groups in total. The minimum absolute atomic E-state index is 0. The Balaban J connectivity index is 0.00000441. The average molecular weight is 438 g/mol. The number of guanidine groups is 1. The van der Waals surface area contributed by atoms with Crippen LogP contribution < -0.4 is 10.6 Å². The fourth-order valence-corrected chi connectivity index (χ4v) is 2.64. The molecule has 0 aliphatic heterocycles. The molecule has 0 radical (unpaired) electrons. The number of aliphatic imine (C=N–C) groups is 1. The molecule has 0 unspecified atom stereocenters. The van der Waals surface area contributed by atoms with Gasteiger partial charge in [-0.2, -0.15) is 0 Å². The summed E-state index contributed by atoms with van der Waals surface area (Å²) in [7, 11) is 0. The summed E-state index contributed by atoms with van der Waals surface area (Å²) in [6, 6.07) is 0. The first-order valence-corrected chi connectivity index (χ1v) is 8.68. The third-order valence-corrected chi connectivity index (χ3v) is 3.88. The van der Waals surface area contributed by atoms with Crippen molar-refractivity contribution in [3.63, 3.8) is 0 Å². The molecule has 6 heteroatoms. The lowest BCUT2D eigenvalue weighted by molar-refractivity contribution is 0.570. The zero-order chi connectivity index (χ0) is 15.9. The molecule has 128 valence electrons. The molecule has 1 rings (SSSR count). The van der Waals surface area contributed by atoms with E-state index in [1.165, 1.54) is 0 Å². The molecule has 0 saturated carbocycles. The predicted octanol–water partition coefficient (Wildman–Crippen LogP) is 4.16. The van der Waals surface area contributed by atoms with E-state index in [0.717, 1.165) is 36.2 Å². The highest BCUT2D eigenvalue weighted by atomic mass is 127. The maximum Gasteiger partial charge on any atom is 0.191 e. The molecule has 0 atom stereocenters. The van der Waals surface area contributed by atoms with E-state index < -0.39 is 0 Å². The zero-order valence-corrected chi connectivity index (χ0v) is 17.8. The van der Waals surface area contributed by atoms with Crippen molar-refractivity contribution in [1.29, 1.82) is 0 Å². The molecular weight excluding hydrogens is 407 g/mol. The summed E-state index contributed by atoms with van der Waals surface area (Å²) >= 11 is 1.69. The maximum absolute atomic E-state index is 4.68. The Labute approximate surface area is 156 Å². The van der Waals surface area contributed by atoms with Crippen LogP contribution in [0.2, 0.25) is 0 Å². The van der Waals surface area contributed by atoms with Crippen LogP contribution in [-0.2, 0) is 12.0 Å². The van der Waals surface area contributed by atoms with Crippen molar-refractivity contribution in [3.05, 3.63) is 16.1 Å². The molecule has 22 heavy (non-hydrogen) atoms. The van der Waals surface area contributed by atoms with Gasteiger partial charge in [-0.1, -0.05) is 34.6 Å². The summed E-state index contributed by atoms with van der Waals surface area (Å²) in [6.07, 6.45) is 1.15. The van der Waals surface area contributed by atoms with Gasteiger partial charge in [-0.05, 0) is 19.3 Å². The van der Waals surface area contributed by atoms with Crippen molar-refractivity contribution in [1.82, 2.24) is 15.6 Å². The van der Waals surface area contributed by atoms with E-state index in [1.54, 1.807) is 11.3 Å². The second-order valence-electron chi connectivity index (χ2n) is 6.68. The summed E-state index contributed by atoms with van der Waals surface area (Å²) in [4.78, 5) is 9.30. The van der Waals surface area contributed by atoms with Gasteiger partial charge in [0.25, 0.3) is 0 Å². The zero-order valence-electron chi connectivity index (χ0n) is 14.7. The average Bonchev–Trinajstić information content (AvgIpc) is 2.84. The third-order valence-electron chi connectivity index (χ3n) is 3.05. The van der Waals surface area contributed by atoms with Gasteiger partial charge in [-0.15, -0.1) is 35.3 Å². The van der Waals surface area contributed by atoms with Crippen LogP contribution in [0.15, 0.2) is 10.4 Å². The number of rotatable bonds is 6. The Kier molecular flexibility index (Phi) is 10.2. The quantitative estimate of drug-likeness (QED) is 0.399. The Morgan fingerprint density at radius 1 is 1.32 bits per heavy atom. The van der Waals surface area contributed by atoms with E-state index in [-0.39, 0.29) is 29.4 Å². The van der Waals surface area contributed by atoms with Crippen LogP contribution in [0.3, 0.4) is 0 Å². The predicted molar refractivity (Wildman–Crippen MR) is 109 cm³/mol. The fourth-order valence-electron chi connectivity index (χ4n) is 1.70. The molecule has 0 fully saturated rings. The van der Waals surface area contributed by atoms with Gasteiger partial charge in [-0.3, -0.25) is 0 Å². The summed E-state index contributed by atoms with van der Waals surface area (Å²) < 4.78 is 0.